The van der Waals surface area contributed by atoms with Crippen LogP contribution >= 0.6 is 0 Å². The molecule has 1 N–H and O–H groups in total. The zero-order chi connectivity index (χ0) is 19.6. The molecular weight excluding hydrogens is 349 g/mol. The number of nitrogens with zero attached hydrogens (tertiary/aromatic N) is 1. The Labute approximate surface area is 166 Å². The summed E-state index contributed by atoms with van der Waals surface area (Å²) in [4.78, 5) is 2.29. The van der Waals surface area contributed by atoms with Gasteiger partial charge in [-0.15, -0.1) is 0 Å². The summed E-state index contributed by atoms with van der Waals surface area (Å²) in [6, 6.07) is 23.6. The Morgan fingerprint density at radius 3 is 2.50 bits per heavy atom. The van der Waals surface area contributed by atoms with Crippen LogP contribution in [0.2, 0.25) is 0 Å². The lowest BCUT2D eigenvalue weighted by Gasteiger charge is -2.27. The number of likely N-dealkylation sites (tertiary alicyclic amines) is 1. The standard InChI is InChI=1S/C25H26FNO/c1-19-11-12-22(24(26)15-19)16-21-9-5-6-10-23(21)25(28)13-14-27(18-25)17-20-7-3-2-4-8-20/h2-12,15,28H,13-14,16-18H2,1H3. The number of aliphatic hydroxyl groups is 1. The highest BCUT2D eigenvalue weighted by Crippen LogP contribution is 2.35. The number of hydrogen-bond acceptors (Lipinski definition) is 2. The topological polar surface area (TPSA) is 23.5 Å². The van der Waals surface area contributed by atoms with Crippen molar-refractivity contribution in [3.05, 3.63) is 106 Å². The molecule has 1 heterocycles. The van der Waals surface area contributed by atoms with Crippen molar-refractivity contribution in [1.29, 1.82) is 0 Å². The first-order valence-electron chi connectivity index (χ1n) is 9.86. The highest BCUT2D eigenvalue weighted by atomic mass is 19.1. The molecule has 1 unspecified atom stereocenters. The number of β-amino-alcohol motifs (C(OH)–C–C–N with tert-alkyl or cyclic N) is 1. The molecule has 1 saturated heterocycles. The molecule has 0 radical (unpaired) electrons. The quantitative estimate of drug-likeness (QED) is 0.691. The molecule has 1 atom stereocenters. The molecule has 3 aromatic carbocycles. The second kappa shape index (κ2) is 7.86. The molecule has 3 aromatic rings. The molecule has 0 aliphatic carbocycles. The van der Waals surface area contributed by atoms with E-state index in [2.05, 4.69) is 17.0 Å². The largest absolute Gasteiger partial charge is 0.384 e. The van der Waals surface area contributed by atoms with Crippen molar-refractivity contribution in [2.24, 2.45) is 0 Å². The Morgan fingerprint density at radius 1 is 0.964 bits per heavy atom. The lowest BCUT2D eigenvalue weighted by molar-refractivity contribution is 0.0445. The van der Waals surface area contributed by atoms with Gasteiger partial charge in [0.05, 0.1) is 0 Å². The smallest absolute Gasteiger partial charge is 0.126 e. The zero-order valence-electron chi connectivity index (χ0n) is 16.2. The van der Waals surface area contributed by atoms with Crippen LogP contribution in [-0.2, 0) is 18.6 Å². The average molecular weight is 375 g/mol. The molecule has 144 valence electrons. The number of benzene rings is 3. The second-order valence-corrected chi connectivity index (χ2v) is 7.91. The summed E-state index contributed by atoms with van der Waals surface area (Å²) in [5.74, 6) is -0.182. The van der Waals surface area contributed by atoms with E-state index in [1.54, 1.807) is 6.07 Å². The van der Waals surface area contributed by atoms with Crippen LogP contribution in [0.5, 0.6) is 0 Å². The van der Waals surface area contributed by atoms with E-state index in [9.17, 15) is 9.50 Å². The molecule has 2 nitrogen and oxygen atoms in total. The van der Waals surface area contributed by atoms with Gasteiger partial charge in [0.15, 0.2) is 0 Å². The maximum absolute atomic E-state index is 14.4. The highest BCUT2D eigenvalue weighted by molar-refractivity contribution is 5.38. The van der Waals surface area contributed by atoms with Gasteiger partial charge in [-0.1, -0.05) is 66.7 Å². The zero-order valence-corrected chi connectivity index (χ0v) is 16.2. The number of aryl methyl sites for hydroxylation is 1. The van der Waals surface area contributed by atoms with Crippen molar-refractivity contribution in [2.45, 2.75) is 31.9 Å². The van der Waals surface area contributed by atoms with Crippen LogP contribution in [0.15, 0.2) is 72.8 Å². The molecule has 0 amide bonds. The van der Waals surface area contributed by atoms with Crippen LogP contribution in [0, 0.1) is 12.7 Å². The molecule has 1 fully saturated rings. The fourth-order valence-electron chi connectivity index (χ4n) is 4.20. The first-order chi connectivity index (χ1) is 13.5. The van der Waals surface area contributed by atoms with E-state index in [1.165, 1.54) is 5.56 Å². The molecule has 0 spiro atoms. The maximum atomic E-state index is 14.4. The monoisotopic (exact) mass is 375 g/mol. The van der Waals surface area contributed by atoms with Crippen LogP contribution < -0.4 is 0 Å². The Kier molecular flexibility index (Phi) is 5.29. The molecule has 0 saturated carbocycles. The molecule has 0 aromatic heterocycles. The van der Waals surface area contributed by atoms with Crippen molar-refractivity contribution in [3.8, 4) is 0 Å². The average Bonchev–Trinajstić information content (AvgIpc) is 3.07. The highest BCUT2D eigenvalue weighted by Gasteiger charge is 2.38. The lowest BCUT2D eigenvalue weighted by Crippen LogP contribution is -2.31. The summed E-state index contributed by atoms with van der Waals surface area (Å²) in [5, 5.41) is 11.4. The van der Waals surface area contributed by atoms with Gasteiger partial charge in [0.25, 0.3) is 0 Å². The van der Waals surface area contributed by atoms with Crippen LogP contribution in [0.1, 0.15) is 34.2 Å². The van der Waals surface area contributed by atoms with Crippen molar-refractivity contribution in [2.75, 3.05) is 13.1 Å². The molecule has 3 heteroatoms. The van der Waals surface area contributed by atoms with Gasteiger partial charge >= 0.3 is 0 Å². The predicted molar refractivity (Wildman–Crippen MR) is 111 cm³/mol. The van der Waals surface area contributed by atoms with Crippen molar-refractivity contribution in [3.63, 3.8) is 0 Å². The van der Waals surface area contributed by atoms with Gasteiger partial charge in [-0.05, 0) is 47.2 Å². The fraction of sp³-hybridized carbons (Fsp3) is 0.280. The van der Waals surface area contributed by atoms with Crippen molar-refractivity contribution < 1.29 is 9.50 Å². The molecular formula is C25H26FNO. The van der Waals surface area contributed by atoms with E-state index in [0.29, 0.717) is 24.9 Å². The van der Waals surface area contributed by atoms with Crippen molar-refractivity contribution >= 4 is 0 Å². The normalized spacial score (nSPS) is 19.8. The Balaban J connectivity index is 1.56. The Morgan fingerprint density at radius 2 is 1.71 bits per heavy atom. The Bertz CT molecular complexity index is 956. The number of hydrogen-bond donors (Lipinski definition) is 1. The summed E-state index contributed by atoms with van der Waals surface area (Å²) in [6.45, 7) is 4.16. The van der Waals surface area contributed by atoms with Gasteiger partial charge in [-0.2, -0.15) is 0 Å². The van der Waals surface area contributed by atoms with E-state index in [1.807, 2.05) is 61.5 Å². The van der Waals surface area contributed by atoms with E-state index in [0.717, 1.165) is 29.8 Å². The van der Waals surface area contributed by atoms with Gasteiger partial charge in [-0.3, -0.25) is 4.90 Å². The third kappa shape index (κ3) is 4.01. The van der Waals surface area contributed by atoms with Gasteiger partial charge in [0, 0.05) is 26.1 Å². The van der Waals surface area contributed by atoms with Crippen LogP contribution in [-0.4, -0.2) is 23.1 Å². The van der Waals surface area contributed by atoms with Gasteiger partial charge in [0.2, 0.25) is 0 Å². The maximum Gasteiger partial charge on any atom is 0.126 e. The SMILES string of the molecule is Cc1ccc(Cc2ccccc2C2(O)CCN(Cc3ccccc3)C2)c(F)c1. The van der Waals surface area contributed by atoms with E-state index in [4.69, 9.17) is 0 Å². The third-order valence-corrected chi connectivity index (χ3v) is 5.68. The fourth-order valence-corrected chi connectivity index (χ4v) is 4.20. The van der Waals surface area contributed by atoms with Gasteiger partial charge < -0.3 is 5.11 Å². The van der Waals surface area contributed by atoms with Gasteiger partial charge in [0.1, 0.15) is 11.4 Å². The summed E-state index contributed by atoms with van der Waals surface area (Å²) in [7, 11) is 0. The van der Waals surface area contributed by atoms with Crippen molar-refractivity contribution in [1.82, 2.24) is 4.90 Å². The first kappa shape index (κ1) is 18.9. The molecule has 0 bridgehead atoms. The number of halogens is 1. The van der Waals surface area contributed by atoms with Crippen LogP contribution in [0.25, 0.3) is 0 Å². The lowest BCUT2D eigenvalue weighted by atomic mass is 9.86. The van der Waals surface area contributed by atoms with E-state index in [-0.39, 0.29) is 5.82 Å². The minimum absolute atomic E-state index is 0.182. The molecule has 1 aliphatic heterocycles. The van der Waals surface area contributed by atoms with Gasteiger partial charge in [-0.25, -0.2) is 4.39 Å². The molecule has 4 rings (SSSR count). The first-order valence-corrected chi connectivity index (χ1v) is 9.86. The second-order valence-electron chi connectivity index (χ2n) is 7.91. The predicted octanol–water partition coefficient (Wildman–Crippen LogP) is 4.82. The summed E-state index contributed by atoms with van der Waals surface area (Å²) in [5.41, 5.74) is 3.86. The summed E-state index contributed by atoms with van der Waals surface area (Å²) < 4.78 is 14.4. The van der Waals surface area contributed by atoms with E-state index >= 15 is 0 Å². The summed E-state index contributed by atoms with van der Waals surface area (Å²) >= 11 is 0. The summed E-state index contributed by atoms with van der Waals surface area (Å²) in [6.07, 6.45) is 1.18. The third-order valence-electron chi connectivity index (χ3n) is 5.68. The molecule has 28 heavy (non-hydrogen) atoms. The van der Waals surface area contributed by atoms with Crippen LogP contribution in [0.3, 0.4) is 0 Å². The minimum Gasteiger partial charge on any atom is -0.384 e. The molecule has 1 aliphatic rings. The Hall–Kier alpha value is -2.49. The number of rotatable bonds is 5. The van der Waals surface area contributed by atoms with Crippen LogP contribution in [0.4, 0.5) is 4.39 Å². The minimum atomic E-state index is -0.896. The van der Waals surface area contributed by atoms with E-state index < -0.39 is 5.60 Å².